The Morgan fingerprint density at radius 3 is 2.57 bits per heavy atom. The minimum atomic E-state index is -0.839. The highest BCUT2D eigenvalue weighted by Gasteiger charge is 2.56. The number of nitrogens with zero attached hydrogens (tertiary/aromatic N) is 1. The Kier molecular flexibility index (Phi) is 3.83. The predicted octanol–water partition coefficient (Wildman–Crippen LogP) is 1.33. The summed E-state index contributed by atoms with van der Waals surface area (Å²) in [7, 11) is 0. The van der Waals surface area contributed by atoms with E-state index >= 15 is 0 Å². The lowest BCUT2D eigenvalue weighted by atomic mass is 9.96. The van der Waals surface area contributed by atoms with Crippen LogP contribution < -0.4 is 10.6 Å². The summed E-state index contributed by atoms with van der Waals surface area (Å²) < 4.78 is 0. The molecule has 0 unspecified atom stereocenters. The van der Waals surface area contributed by atoms with Gasteiger partial charge in [0.2, 0.25) is 5.91 Å². The maximum absolute atomic E-state index is 12.4. The normalized spacial score (nSPS) is 23.8. The first-order valence-corrected chi connectivity index (χ1v) is 7.86. The fourth-order valence-electron chi connectivity index (χ4n) is 2.90. The van der Waals surface area contributed by atoms with Crippen molar-refractivity contribution in [3.05, 3.63) is 35.4 Å². The monoisotopic (exact) mass is 315 g/mol. The average Bonchev–Trinajstić information content (AvgIpc) is 3.33. The molecule has 0 radical (unpaired) electrons. The largest absolute Gasteiger partial charge is 0.350 e. The lowest BCUT2D eigenvalue weighted by Crippen LogP contribution is -2.46. The first-order valence-electron chi connectivity index (χ1n) is 7.86. The molecule has 1 aromatic carbocycles. The molecule has 1 aliphatic carbocycles. The zero-order valence-electron chi connectivity index (χ0n) is 13.4. The molecular formula is C17H21N3O3. The summed E-state index contributed by atoms with van der Waals surface area (Å²) in [4.78, 5) is 37.5. The van der Waals surface area contributed by atoms with Gasteiger partial charge in [0.25, 0.3) is 5.91 Å². The number of hydrogen-bond donors (Lipinski definition) is 2. The Bertz CT molecular complexity index is 652. The summed E-state index contributed by atoms with van der Waals surface area (Å²) in [6.45, 7) is 3.88. The van der Waals surface area contributed by atoms with Crippen molar-refractivity contribution in [1.29, 1.82) is 0 Å². The highest BCUT2D eigenvalue weighted by Crippen LogP contribution is 2.42. The standard InChI is InChI=1S/C17H21N3O3/c1-11-3-5-12(6-4-11)9-18-14(21)10-20-15(22)17(2,13-7-8-13)19-16(20)23/h3-6,13H,7-10H2,1-2H3,(H,18,21)(H,19,23)/t17-/m1/s1. The third-order valence-corrected chi connectivity index (χ3v) is 4.61. The Hall–Kier alpha value is -2.37. The van der Waals surface area contributed by atoms with E-state index in [-0.39, 0.29) is 24.3 Å². The Morgan fingerprint density at radius 1 is 1.30 bits per heavy atom. The molecule has 0 spiro atoms. The van der Waals surface area contributed by atoms with E-state index in [4.69, 9.17) is 0 Å². The van der Waals surface area contributed by atoms with Crippen LogP contribution in [0.2, 0.25) is 0 Å². The topological polar surface area (TPSA) is 78.5 Å². The fraction of sp³-hybridized carbons (Fsp3) is 0.471. The molecule has 2 fully saturated rings. The molecule has 0 aromatic heterocycles. The van der Waals surface area contributed by atoms with E-state index in [0.717, 1.165) is 28.9 Å². The summed E-state index contributed by atoms with van der Waals surface area (Å²) >= 11 is 0. The van der Waals surface area contributed by atoms with Crippen LogP contribution in [0.3, 0.4) is 0 Å². The van der Waals surface area contributed by atoms with Crippen molar-refractivity contribution in [2.75, 3.05) is 6.54 Å². The molecule has 2 aliphatic rings. The molecular weight excluding hydrogens is 294 g/mol. The summed E-state index contributed by atoms with van der Waals surface area (Å²) in [6, 6.07) is 7.34. The number of carbonyl (C=O) groups is 3. The van der Waals surface area contributed by atoms with Crippen LogP contribution >= 0.6 is 0 Å². The molecule has 6 heteroatoms. The molecule has 1 aromatic rings. The molecule has 6 nitrogen and oxygen atoms in total. The SMILES string of the molecule is Cc1ccc(CNC(=O)CN2C(=O)N[C@](C)(C3CC3)C2=O)cc1. The van der Waals surface area contributed by atoms with Gasteiger partial charge < -0.3 is 10.6 Å². The number of carbonyl (C=O) groups excluding carboxylic acids is 3. The van der Waals surface area contributed by atoms with Crippen LogP contribution in [0, 0.1) is 12.8 Å². The molecule has 3 rings (SSSR count). The second kappa shape index (κ2) is 5.68. The van der Waals surface area contributed by atoms with Gasteiger partial charge in [-0.3, -0.25) is 14.5 Å². The third-order valence-electron chi connectivity index (χ3n) is 4.61. The van der Waals surface area contributed by atoms with Gasteiger partial charge in [-0.1, -0.05) is 29.8 Å². The van der Waals surface area contributed by atoms with Gasteiger partial charge in [-0.25, -0.2) is 4.79 Å². The molecule has 0 bridgehead atoms. The number of amides is 4. The number of rotatable bonds is 5. The van der Waals surface area contributed by atoms with E-state index in [1.54, 1.807) is 6.92 Å². The minimum Gasteiger partial charge on any atom is -0.350 e. The minimum absolute atomic E-state index is 0.194. The second-order valence-electron chi connectivity index (χ2n) is 6.56. The van der Waals surface area contributed by atoms with Crippen LogP contribution in [0.5, 0.6) is 0 Å². The molecule has 1 aliphatic heterocycles. The van der Waals surface area contributed by atoms with Gasteiger partial charge in [-0.15, -0.1) is 0 Å². The van der Waals surface area contributed by atoms with Crippen molar-refractivity contribution < 1.29 is 14.4 Å². The highest BCUT2D eigenvalue weighted by atomic mass is 16.2. The van der Waals surface area contributed by atoms with Gasteiger partial charge in [0.05, 0.1) is 0 Å². The van der Waals surface area contributed by atoms with Crippen LogP contribution in [0.1, 0.15) is 30.9 Å². The first kappa shape index (κ1) is 15.5. The van der Waals surface area contributed by atoms with E-state index in [0.29, 0.717) is 6.54 Å². The smallest absolute Gasteiger partial charge is 0.325 e. The summed E-state index contributed by atoms with van der Waals surface area (Å²) in [6.07, 6.45) is 1.88. The number of nitrogens with one attached hydrogen (secondary N) is 2. The van der Waals surface area contributed by atoms with Crippen LogP contribution in [-0.4, -0.2) is 34.8 Å². The molecule has 23 heavy (non-hydrogen) atoms. The molecule has 1 atom stereocenters. The lowest BCUT2D eigenvalue weighted by molar-refractivity contribution is -0.135. The maximum atomic E-state index is 12.4. The van der Waals surface area contributed by atoms with Gasteiger partial charge in [0.1, 0.15) is 12.1 Å². The Balaban J connectivity index is 1.56. The maximum Gasteiger partial charge on any atom is 0.325 e. The zero-order valence-corrected chi connectivity index (χ0v) is 13.4. The van der Waals surface area contributed by atoms with Crippen LogP contribution in [0.15, 0.2) is 24.3 Å². The second-order valence-corrected chi connectivity index (χ2v) is 6.56. The van der Waals surface area contributed by atoms with Gasteiger partial charge in [0, 0.05) is 6.54 Å². The molecule has 122 valence electrons. The Labute approximate surface area is 135 Å². The Morgan fingerprint density at radius 2 is 1.96 bits per heavy atom. The van der Waals surface area contributed by atoms with E-state index < -0.39 is 11.6 Å². The van der Waals surface area contributed by atoms with Crippen molar-refractivity contribution >= 4 is 17.8 Å². The van der Waals surface area contributed by atoms with Crippen molar-refractivity contribution in [2.24, 2.45) is 5.92 Å². The number of aryl methyl sites for hydroxylation is 1. The summed E-state index contributed by atoms with van der Waals surface area (Å²) in [5, 5.41) is 5.48. The first-order chi connectivity index (χ1) is 10.9. The van der Waals surface area contributed by atoms with Gasteiger partial charge >= 0.3 is 6.03 Å². The van der Waals surface area contributed by atoms with Gasteiger partial charge in [-0.2, -0.15) is 0 Å². The van der Waals surface area contributed by atoms with E-state index in [2.05, 4.69) is 10.6 Å². The number of hydrogen-bond acceptors (Lipinski definition) is 3. The summed E-state index contributed by atoms with van der Waals surface area (Å²) in [5.74, 6) is -0.441. The van der Waals surface area contributed by atoms with Crippen LogP contribution in [-0.2, 0) is 16.1 Å². The van der Waals surface area contributed by atoms with Crippen LogP contribution in [0.4, 0.5) is 4.79 Å². The predicted molar refractivity (Wildman–Crippen MR) is 84.4 cm³/mol. The van der Waals surface area contributed by atoms with Gasteiger partial charge in [-0.05, 0) is 38.2 Å². The number of urea groups is 1. The van der Waals surface area contributed by atoms with Crippen molar-refractivity contribution in [1.82, 2.24) is 15.5 Å². The molecule has 2 N–H and O–H groups in total. The van der Waals surface area contributed by atoms with Crippen molar-refractivity contribution in [3.63, 3.8) is 0 Å². The molecule has 4 amide bonds. The van der Waals surface area contributed by atoms with Crippen molar-refractivity contribution in [3.8, 4) is 0 Å². The average molecular weight is 315 g/mol. The molecule has 1 saturated heterocycles. The van der Waals surface area contributed by atoms with E-state index in [1.807, 2.05) is 31.2 Å². The van der Waals surface area contributed by atoms with Crippen LogP contribution in [0.25, 0.3) is 0 Å². The molecule has 1 heterocycles. The highest BCUT2D eigenvalue weighted by molar-refractivity contribution is 6.09. The number of benzene rings is 1. The van der Waals surface area contributed by atoms with Gasteiger partial charge in [0.15, 0.2) is 0 Å². The lowest BCUT2D eigenvalue weighted by Gasteiger charge is -2.20. The zero-order chi connectivity index (χ0) is 16.6. The van der Waals surface area contributed by atoms with Crippen molar-refractivity contribution in [2.45, 2.75) is 38.8 Å². The quantitative estimate of drug-likeness (QED) is 0.805. The fourth-order valence-corrected chi connectivity index (χ4v) is 2.90. The third kappa shape index (κ3) is 3.06. The molecule has 1 saturated carbocycles. The summed E-state index contributed by atoms with van der Waals surface area (Å²) in [5.41, 5.74) is 1.29. The van der Waals surface area contributed by atoms with E-state index in [9.17, 15) is 14.4 Å². The number of imide groups is 1. The van der Waals surface area contributed by atoms with E-state index in [1.165, 1.54) is 0 Å².